The van der Waals surface area contributed by atoms with Crippen molar-refractivity contribution in [2.24, 2.45) is 0 Å². The van der Waals surface area contributed by atoms with Gasteiger partial charge in [-0.05, 0) is 36.4 Å². The van der Waals surface area contributed by atoms with E-state index in [1.54, 1.807) is 24.8 Å². The molecule has 5 rings (SSSR count). The summed E-state index contributed by atoms with van der Waals surface area (Å²) < 4.78 is 12.1. The zero-order valence-electron chi connectivity index (χ0n) is 17.2. The molecule has 0 unspecified atom stereocenters. The first-order valence-corrected chi connectivity index (χ1v) is 9.62. The molecule has 0 saturated heterocycles. The van der Waals surface area contributed by atoms with Crippen LogP contribution in [0.3, 0.4) is 0 Å². The third-order valence-electron chi connectivity index (χ3n) is 4.85. The minimum Gasteiger partial charge on any atom is -0.497 e. The largest absolute Gasteiger partial charge is 0.497 e. The van der Waals surface area contributed by atoms with Gasteiger partial charge in [0.05, 0.1) is 25.9 Å². The molecule has 0 aliphatic carbocycles. The molecule has 0 bridgehead atoms. The van der Waals surface area contributed by atoms with Crippen molar-refractivity contribution in [3.63, 3.8) is 0 Å². The zero-order chi connectivity index (χ0) is 22.1. The summed E-state index contributed by atoms with van der Waals surface area (Å²) in [6.07, 6.45) is 4.15. The van der Waals surface area contributed by atoms with E-state index in [1.165, 1.54) is 18.6 Å². The second-order valence-electron chi connectivity index (χ2n) is 6.77. The van der Waals surface area contributed by atoms with E-state index in [1.807, 2.05) is 36.4 Å². The molecule has 0 fully saturated rings. The molecule has 1 N–H and O–H groups in total. The van der Waals surface area contributed by atoms with Crippen LogP contribution in [0.5, 0.6) is 11.5 Å². The highest BCUT2D eigenvalue weighted by atomic mass is 16.5. The summed E-state index contributed by atoms with van der Waals surface area (Å²) in [6, 6.07) is 12.9. The molecule has 3 heterocycles. The molecule has 0 atom stereocenters. The van der Waals surface area contributed by atoms with Gasteiger partial charge in [-0.15, -0.1) is 5.10 Å². The van der Waals surface area contributed by atoms with E-state index in [0.29, 0.717) is 28.7 Å². The van der Waals surface area contributed by atoms with Crippen molar-refractivity contribution >= 4 is 28.2 Å². The van der Waals surface area contributed by atoms with Crippen LogP contribution < -0.4 is 20.3 Å². The van der Waals surface area contributed by atoms with Crippen molar-refractivity contribution < 1.29 is 9.47 Å². The Morgan fingerprint density at radius 3 is 2.50 bits per heavy atom. The van der Waals surface area contributed by atoms with Crippen LogP contribution >= 0.6 is 0 Å². The Morgan fingerprint density at radius 2 is 1.72 bits per heavy atom. The number of hydrogen-bond acceptors (Lipinski definition) is 9. The highest BCUT2D eigenvalue weighted by molar-refractivity contribution is 5.94. The second kappa shape index (κ2) is 7.91. The zero-order valence-corrected chi connectivity index (χ0v) is 17.2. The van der Waals surface area contributed by atoms with Crippen LogP contribution in [0.2, 0.25) is 0 Å². The normalized spacial score (nSPS) is 10.9. The highest BCUT2D eigenvalue weighted by Crippen LogP contribution is 2.28. The maximum absolute atomic E-state index is 12.3. The number of ether oxygens (including phenoxy) is 2. The Morgan fingerprint density at radius 1 is 0.938 bits per heavy atom. The summed E-state index contributed by atoms with van der Waals surface area (Å²) in [5.41, 5.74) is 1.69. The molecule has 0 saturated carbocycles. The monoisotopic (exact) mass is 427 g/mol. The highest BCUT2D eigenvalue weighted by Gasteiger charge is 2.16. The third-order valence-corrected chi connectivity index (χ3v) is 4.85. The van der Waals surface area contributed by atoms with Gasteiger partial charge in [0.2, 0.25) is 5.95 Å². The quantitative estimate of drug-likeness (QED) is 0.452. The lowest BCUT2D eigenvalue weighted by molar-refractivity contribution is 0.415. The van der Waals surface area contributed by atoms with Crippen molar-refractivity contribution in [3.05, 3.63) is 71.4 Å². The number of aromatic nitrogens is 6. The van der Waals surface area contributed by atoms with Gasteiger partial charge in [0.1, 0.15) is 17.2 Å². The molecular weight excluding hydrogens is 410 g/mol. The van der Waals surface area contributed by atoms with Gasteiger partial charge in [-0.3, -0.25) is 9.78 Å². The van der Waals surface area contributed by atoms with E-state index < -0.39 is 5.56 Å². The van der Waals surface area contributed by atoms with E-state index in [4.69, 9.17) is 14.5 Å². The Labute approximate surface area is 181 Å². The first-order valence-electron chi connectivity index (χ1n) is 9.62. The number of rotatable bonds is 5. The van der Waals surface area contributed by atoms with Crippen LogP contribution in [0.15, 0.2) is 65.8 Å². The number of nitrogens with zero attached hydrogens (tertiary/aromatic N) is 6. The summed E-state index contributed by atoms with van der Waals surface area (Å²) in [6.45, 7) is 0. The first kappa shape index (κ1) is 19.4. The molecule has 158 valence electrons. The van der Waals surface area contributed by atoms with Crippen LogP contribution in [0, 0.1) is 0 Å². The summed E-state index contributed by atoms with van der Waals surface area (Å²) in [7, 11) is 3.20. The Kier molecular flexibility index (Phi) is 4.79. The standard InChI is InChI=1S/C22H17N7O3/c1-31-14-5-3-13(4-6-14)19-27-20-16-8-7-15(32-2)11-17(16)25-22(29(20)28-19)26-18-12-23-9-10-24-21(18)30/h3-12H,1-2H3,(H,24,25,26,30). The smallest absolute Gasteiger partial charge is 0.295 e. The van der Waals surface area contributed by atoms with Gasteiger partial charge >= 0.3 is 0 Å². The van der Waals surface area contributed by atoms with Crippen molar-refractivity contribution in [2.75, 3.05) is 19.5 Å². The predicted octanol–water partition coefficient (Wildman–Crippen LogP) is 2.86. The molecule has 32 heavy (non-hydrogen) atoms. The predicted molar refractivity (Wildman–Crippen MR) is 118 cm³/mol. The fraction of sp³-hybridized carbons (Fsp3) is 0.0909. The second-order valence-corrected chi connectivity index (χ2v) is 6.77. The summed E-state index contributed by atoms with van der Waals surface area (Å²) in [5.74, 6) is 2.17. The van der Waals surface area contributed by atoms with Crippen molar-refractivity contribution in [2.45, 2.75) is 0 Å². The summed E-state index contributed by atoms with van der Waals surface area (Å²) in [5, 5.41) is 8.42. The average Bonchev–Trinajstić information content (AvgIpc) is 3.18. The van der Waals surface area contributed by atoms with Crippen LogP contribution in [0.25, 0.3) is 27.9 Å². The minimum absolute atomic E-state index is 0.160. The average molecular weight is 427 g/mol. The van der Waals surface area contributed by atoms with Crippen LogP contribution in [-0.4, -0.2) is 43.8 Å². The van der Waals surface area contributed by atoms with Gasteiger partial charge in [0.15, 0.2) is 11.5 Å². The molecule has 0 amide bonds. The van der Waals surface area contributed by atoms with Gasteiger partial charge in [-0.25, -0.2) is 15.0 Å². The summed E-state index contributed by atoms with van der Waals surface area (Å²) >= 11 is 0. The van der Waals surface area contributed by atoms with Gasteiger partial charge in [0, 0.05) is 29.4 Å². The van der Waals surface area contributed by atoms with E-state index >= 15 is 0 Å². The molecule has 10 nitrogen and oxygen atoms in total. The molecular formula is C22H17N7O3. The number of fused-ring (bicyclic) bond motifs is 3. The van der Waals surface area contributed by atoms with Crippen molar-refractivity contribution in [3.8, 4) is 22.9 Å². The molecule has 0 aliphatic heterocycles. The molecule has 0 spiro atoms. The van der Waals surface area contributed by atoms with Gasteiger partial charge < -0.3 is 14.8 Å². The molecule has 3 aromatic heterocycles. The lowest BCUT2D eigenvalue weighted by Gasteiger charge is -2.08. The van der Waals surface area contributed by atoms with Gasteiger partial charge in [-0.1, -0.05) is 0 Å². The SMILES string of the molecule is COc1ccc(-c2nc3c4ccc(OC)cc4nc(Nc4cnccnc4=O)n3n2)cc1. The molecule has 0 radical (unpaired) electrons. The van der Waals surface area contributed by atoms with E-state index in [2.05, 4.69) is 25.4 Å². The maximum Gasteiger partial charge on any atom is 0.295 e. The number of benzene rings is 2. The molecule has 2 aromatic carbocycles. The van der Waals surface area contributed by atoms with Gasteiger partial charge in [0.25, 0.3) is 5.56 Å². The minimum atomic E-state index is -0.473. The Balaban J connectivity index is 1.73. The topological polar surface area (TPSA) is 116 Å². The van der Waals surface area contributed by atoms with Crippen LogP contribution in [-0.2, 0) is 0 Å². The first-order chi connectivity index (χ1) is 15.7. The van der Waals surface area contributed by atoms with Gasteiger partial charge in [-0.2, -0.15) is 4.52 Å². The number of hydrogen-bond donors (Lipinski definition) is 1. The molecule has 5 aromatic rings. The van der Waals surface area contributed by atoms with E-state index in [0.717, 1.165) is 16.7 Å². The van der Waals surface area contributed by atoms with E-state index in [9.17, 15) is 4.79 Å². The van der Waals surface area contributed by atoms with E-state index in [-0.39, 0.29) is 5.69 Å². The van der Waals surface area contributed by atoms with Crippen LogP contribution in [0.4, 0.5) is 11.6 Å². The number of methoxy groups -OCH3 is 2. The maximum atomic E-state index is 12.3. The van der Waals surface area contributed by atoms with Crippen LogP contribution in [0.1, 0.15) is 0 Å². The number of nitrogens with one attached hydrogen (secondary N) is 1. The Hall–Kier alpha value is -4.60. The molecule has 0 aliphatic rings. The Bertz CT molecular complexity index is 1500. The third kappa shape index (κ3) is 3.43. The lowest BCUT2D eigenvalue weighted by Crippen LogP contribution is -2.11. The van der Waals surface area contributed by atoms with Crippen molar-refractivity contribution in [1.29, 1.82) is 0 Å². The van der Waals surface area contributed by atoms with Crippen molar-refractivity contribution in [1.82, 2.24) is 29.5 Å². The number of anilines is 2. The lowest BCUT2D eigenvalue weighted by atomic mass is 10.2. The fourth-order valence-electron chi connectivity index (χ4n) is 3.25. The molecule has 10 heteroatoms. The fourth-order valence-corrected chi connectivity index (χ4v) is 3.25. The summed E-state index contributed by atoms with van der Waals surface area (Å²) in [4.78, 5) is 29.5.